The fourth-order valence-corrected chi connectivity index (χ4v) is 1.67. The maximum atomic E-state index is 3.59. The molecule has 0 aliphatic rings. The van der Waals surface area contributed by atoms with E-state index in [1.807, 2.05) is 0 Å². The Balaban J connectivity index is 3.47. The summed E-state index contributed by atoms with van der Waals surface area (Å²) in [5.41, 5.74) is 0. The van der Waals surface area contributed by atoms with Crippen LogP contribution in [0.25, 0.3) is 0 Å². The molecule has 0 saturated carbocycles. The number of rotatable bonds is 7. The van der Waals surface area contributed by atoms with Gasteiger partial charge in [-0.3, -0.25) is 0 Å². The van der Waals surface area contributed by atoms with Gasteiger partial charge in [-0.2, -0.15) is 0 Å². The van der Waals surface area contributed by atoms with Crippen molar-refractivity contribution in [3.63, 3.8) is 0 Å². The van der Waals surface area contributed by atoms with Crippen molar-refractivity contribution in [1.82, 2.24) is 5.32 Å². The van der Waals surface area contributed by atoms with Crippen LogP contribution in [0.2, 0.25) is 0 Å². The van der Waals surface area contributed by atoms with E-state index in [0.29, 0.717) is 6.04 Å². The van der Waals surface area contributed by atoms with E-state index in [1.165, 1.54) is 32.2 Å². The van der Waals surface area contributed by atoms with E-state index in [2.05, 4.69) is 33.0 Å². The van der Waals surface area contributed by atoms with Crippen LogP contribution < -0.4 is 5.32 Å². The zero-order valence-corrected chi connectivity index (χ0v) is 9.19. The van der Waals surface area contributed by atoms with Crippen LogP contribution in [0.1, 0.15) is 53.4 Å². The largest absolute Gasteiger partial charge is 0.314 e. The molecule has 1 unspecified atom stereocenters. The van der Waals surface area contributed by atoms with Crippen LogP contribution >= 0.6 is 0 Å². The maximum Gasteiger partial charge on any atom is 0.00667 e. The molecule has 12 heavy (non-hydrogen) atoms. The van der Waals surface area contributed by atoms with Crippen molar-refractivity contribution in [2.45, 2.75) is 59.4 Å². The molecule has 0 bridgehead atoms. The fourth-order valence-electron chi connectivity index (χ4n) is 1.67. The molecule has 0 fully saturated rings. The molecule has 1 N–H and O–H groups in total. The zero-order valence-electron chi connectivity index (χ0n) is 9.19. The first-order valence-corrected chi connectivity index (χ1v) is 5.49. The first-order valence-electron chi connectivity index (χ1n) is 5.49. The van der Waals surface area contributed by atoms with Crippen molar-refractivity contribution in [3.05, 3.63) is 0 Å². The highest BCUT2D eigenvalue weighted by Gasteiger charge is 2.11. The average Bonchev–Trinajstić information content (AvgIpc) is 2.07. The Kier molecular flexibility index (Phi) is 7.58. The monoisotopic (exact) mass is 171 g/mol. The minimum absolute atomic E-state index is 0.701. The van der Waals surface area contributed by atoms with E-state index in [-0.39, 0.29) is 0 Å². The quantitative estimate of drug-likeness (QED) is 0.580. The summed E-state index contributed by atoms with van der Waals surface area (Å²) in [5.74, 6) is 0.863. The summed E-state index contributed by atoms with van der Waals surface area (Å²) in [6, 6.07) is 0.701. The van der Waals surface area contributed by atoms with Gasteiger partial charge in [0.2, 0.25) is 0 Å². The predicted octanol–water partition coefficient (Wildman–Crippen LogP) is 3.20. The Labute approximate surface area is 77.9 Å². The second kappa shape index (κ2) is 7.60. The van der Waals surface area contributed by atoms with Crippen LogP contribution in [0.4, 0.5) is 0 Å². The minimum Gasteiger partial charge on any atom is -0.314 e. The maximum absolute atomic E-state index is 3.59. The molecule has 0 amide bonds. The van der Waals surface area contributed by atoms with Gasteiger partial charge in [0.25, 0.3) is 0 Å². The lowest BCUT2D eigenvalue weighted by Crippen LogP contribution is -2.33. The second-order valence-corrected chi connectivity index (χ2v) is 3.67. The fraction of sp³-hybridized carbons (Fsp3) is 1.00. The second-order valence-electron chi connectivity index (χ2n) is 3.67. The summed E-state index contributed by atoms with van der Waals surface area (Å²) in [7, 11) is 0. The van der Waals surface area contributed by atoms with Gasteiger partial charge in [0.15, 0.2) is 0 Å². The molecular formula is C11H25N. The number of unbranched alkanes of at least 4 members (excludes halogenated alkanes) is 1. The third kappa shape index (κ3) is 4.76. The molecule has 1 nitrogen and oxygen atoms in total. The van der Waals surface area contributed by atoms with Gasteiger partial charge < -0.3 is 5.32 Å². The normalized spacial score (nSPS) is 13.8. The topological polar surface area (TPSA) is 12.0 Å². The van der Waals surface area contributed by atoms with Crippen molar-refractivity contribution in [2.75, 3.05) is 6.54 Å². The molecule has 1 heteroatoms. The Bertz CT molecular complexity index is 87.0. The molecule has 0 aromatic carbocycles. The Morgan fingerprint density at radius 1 is 1.08 bits per heavy atom. The van der Waals surface area contributed by atoms with E-state index in [4.69, 9.17) is 0 Å². The Morgan fingerprint density at radius 2 is 1.67 bits per heavy atom. The van der Waals surface area contributed by atoms with Gasteiger partial charge in [0.1, 0.15) is 0 Å². The molecule has 0 aliphatic carbocycles. The third-order valence-electron chi connectivity index (χ3n) is 2.75. The van der Waals surface area contributed by atoms with Crippen molar-refractivity contribution in [2.24, 2.45) is 5.92 Å². The lowest BCUT2D eigenvalue weighted by Gasteiger charge is -2.22. The van der Waals surface area contributed by atoms with Gasteiger partial charge in [-0.15, -0.1) is 0 Å². The van der Waals surface area contributed by atoms with Crippen LogP contribution in [0.15, 0.2) is 0 Å². The van der Waals surface area contributed by atoms with E-state index in [0.717, 1.165) is 5.92 Å². The van der Waals surface area contributed by atoms with E-state index in [1.54, 1.807) is 0 Å². The highest BCUT2D eigenvalue weighted by molar-refractivity contribution is 4.69. The van der Waals surface area contributed by atoms with E-state index < -0.39 is 0 Å². The predicted molar refractivity (Wildman–Crippen MR) is 56.4 cm³/mol. The van der Waals surface area contributed by atoms with Gasteiger partial charge in [0, 0.05) is 6.04 Å². The molecule has 0 heterocycles. The van der Waals surface area contributed by atoms with E-state index >= 15 is 0 Å². The molecule has 0 spiro atoms. The van der Waals surface area contributed by atoms with Crippen LogP contribution in [0, 0.1) is 5.92 Å². The highest BCUT2D eigenvalue weighted by Crippen LogP contribution is 2.12. The summed E-state index contributed by atoms with van der Waals surface area (Å²) in [4.78, 5) is 0. The molecule has 0 aromatic rings. The van der Waals surface area contributed by atoms with Crippen LogP contribution in [0.3, 0.4) is 0 Å². The number of nitrogens with one attached hydrogen (secondary N) is 1. The van der Waals surface area contributed by atoms with Gasteiger partial charge in [-0.05, 0) is 25.8 Å². The first kappa shape index (κ1) is 12.0. The standard InChI is InChI=1S/C11H25N/c1-5-8-9-12-10(4)11(6-2)7-3/h10-12H,5-9H2,1-4H3. The van der Waals surface area contributed by atoms with Gasteiger partial charge >= 0.3 is 0 Å². The molecule has 0 rings (SSSR count). The van der Waals surface area contributed by atoms with Crippen LogP contribution in [-0.4, -0.2) is 12.6 Å². The lowest BCUT2D eigenvalue weighted by atomic mass is 9.95. The zero-order chi connectivity index (χ0) is 9.40. The van der Waals surface area contributed by atoms with E-state index in [9.17, 15) is 0 Å². The van der Waals surface area contributed by atoms with Gasteiger partial charge in [0.05, 0.1) is 0 Å². The van der Waals surface area contributed by atoms with Crippen molar-refractivity contribution in [1.29, 1.82) is 0 Å². The lowest BCUT2D eigenvalue weighted by molar-refractivity contribution is 0.353. The Morgan fingerprint density at radius 3 is 2.08 bits per heavy atom. The number of hydrogen-bond acceptors (Lipinski definition) is 1. The summed E-state index contributed by atoms with van der Waals surface area (Å²) >= 11 is 0. The Hall–Kier alpha value is -0.0400. The van der Waals surface area contributed by atoms with Crippen molar-refractivity contribution in [3.8, 4) is 0 Å². The summed E-state index contributed by atoms with van der Waals surface area (Å²) in [6.45, 7) is 10.3. The van der Waals surface area contributed by atoms with Crippen LogP contribution in [-0.2, 0) is 0 Å². The molecule has 0 aromatic heterocycles. The SMILES string of the molecule is CCCCNC(C)C(CC)CC. The van der Waals surface area contributed by atoms with Crippen LogP contribution in [0.5, 0.6) is 0 Å². The van der Waals surface area contributed by atoms with Gasteiger partial charge in [-0.1, -0.05) is 40.0 Å². The third-order valence-corrected chi connectivity index (χ3v) is 2.75. The summed E-state index contributed by atoms with van der Waals surface area (Å²) in [5, 5.41) is 3.59. The molecule has 0 radical (unpaired) electrons. The molecular weight excluding hydrogens is 146 g/mol. The average molecular weight is 171 g/mol. The minimum atomic E-state index is 0.701. The number of hydrogen-bond donors (Lipinski definition) is 1. The van der Waals surface area contributed by atoms with Crippen molar-refractivity contribution < 1.29 is 0 Å². The molecule has 74 valence electrons. The molecule has 0 saturated heterocycles. The summed E-state index contributed by atoms with van der Waals surface area (Å²) < 4.78 is 0. The smallest absolute Gasteiger partial charge is 0.00667 e. The van der Waals surface area contributed by atoms with Crippen molar-refractivity contribution >= 4 is 0 Å². The summed E-state index contributed by atoms with van der Waals surface area (Å²) in [6.07, 6.45) is 5.21. The molecule has 1 atom stereocenters. The highest BCUT2D eigenvalue weighted by atomic mass is 14.9. The van der Waals surface area contributed by atoms with Gasteiger partial charge in [-0.25, -0.2) is 0 Å². The first-order chi connectivity index (χ1) is 5.76. The molecule has 0 aliphatic heterocycles.